The summed E-state index contributed by atoms with van der Waals surface area (Å²) in [4.78, 5) is 0. The number of hydrogen-bond acceptors (Lipinski definition) is 0. The maximum absolute atomic E-state index is 2.44. The minimum atomic E-state index is 0.777. The van der Waals surface area contributed by atoms with Crippen molar-refractivity contribution in [1.29, 1.82) is 0 Å². The van der Waals surface area contributed by atoms with Gasteiger partial charge in [0.15, 0.2) is 0 Å². The van der Waals surface area contributed by atoms with Gasteiger partial charge in [-0.1, -0.05) is 68.5 Å². The van der Waals surface area contributed by atoms with E-state index >= 15 is 0 Å². The van der Waals surface area contributed by atoms with Gasteiger partial charge in [0.1, 0.15) is 0 Å². The highest BCUT2D eigenvalue weighted by molar-refractivity contribution is 5.68. The summed E-state index contributed by atoms with van der Waals surface area (Å²) in [6, 6.07) is 7.05. The van der Waals surface area contributed by atoms with Gasteiger partial charge in [-0.15, -0.1) is 0 Å². The van der Waals surface area contributed by atoms with Crippen LogP contribution in [0, 0.1) is 11.8 Å². The van der Waals surface area contributed by atoms with Gasteiger partial charge in [-0.05, 0) is 53.7 Å². The van der Waals surface area contributed by atoms with Crippen molar-refractivity contribution >= 4 is 12.2 Å². The van der Waals surface area contributed by atoms with Gasteiger partial charge >= 0.3 is 0 Å². The van der Waals surface area contributed by atoms with E-state index in [-0.39, 0.29) is 0 Å². The summed E-state index contributed by atoms with van der Waals surface area (Å²) in [6.45, 7) is 4.00. The normalized spacial score (nSPS) is 28.8. The van der Waals surface area contributed by atoms with Crippen molar-refractivity contribution in [1.82, 2.24) is 0 Å². The predicted molar refractivity (Wildman–Crippen MR) is 88.6 cm³/mol. The summed E-state index contributed by atoms with van der Waals surface area (Å²) in [5.41, 5.74) is 4.30. The molecular weight excluding hydrogens is 240 g/mol. The summed E-state index contributed by atoms with van der Waals surface area (Å²) in [7, 11) is 0. The molecule has 0 radical (unpaired) electrons. The lowest BCUT2D eigenvalue weighted by molar-refractivity contribution is 0.198. The molecule has 0 aromatic heterocycles. The van der Waals surface area contributed by atoms with Crippen molar-refractivity contribution < 1.29 is 0 Å². The lowest BCUT2D eigenvalue weighted by Crippen LogP contribution is -2.30. The summed E-state index contributed by atoms with van der Waals surface area (Å²) < 4.78 is 0. The van der Waals surface area contributed by atoms with E-state index in [0.29, 0.717) is 0 Å². The Balaban J connectivity index is 0.000000581. The van der Waals surface area contributed by atoms with Crippen LogP contribution in [0.25, 0.3) is 12.2 Å². The topological polar surface area (TPSA) is 0 Å². The molecule has 1 saturated carbocycles. The van der Waals surface area contributed by atoms with Gasteiger partial charge in [0, 0.05) is 0 Å². The Morgan fingerprint density at radius 3 is 2.55 bits per heavy atom. The predicted octanol–water partition coefficient (Wildman–Crippen LogP) is 5.82. The fourth-order valence-corrected chi connectivity index (χ4v) is 3.68. The van der Waals surface area contributed by atoms with Crippen LogP contribution in [0.4, 0.5) is 0 Å². The van der Waals surface area contributed by atoms with Crippen molar-refractivity contribution in [2.75, 3.05) is 0 Å². The zero-order chi connectivity index (χ0) is 13.9. The molecular formula is C20H24. The molecule has 0 saturated heterocycles. The molecule has 1 fully saturated rings. The van der Waals surface area contributed by atoms with E-state index in [1.165, 1.54) is 24.0 Å². The molecule has 0 heteroatoms. The molecule has 0 spiro atoms. The minimum Gasteiger partial charge on any atom is -0.0879 e. The Labute approximate surface area is 122 Å². The summed E-state index contributed by atoms with van der Waals surface area (Å²) >= 11 is 0. The largest absolute Gasteiger partial charge is 0.0879 e. The van der Waals surface area contributed by atoms with Crippen molar-refractivity contribution in [3.8, 4) is 0 Å². The second-order valence-electron chi connectivity index (χ2n) is 5.77. The maximum atomic E-state index is 2.44. The molecule has 1 aromatic carbocycles. The number of hydrogen-bond donors (Lipinski definition) is 0. The molecule has 104 valence electrons. The molecule has 0 heterocycles. The Morgan fingerprint density at radius 2 is 1.75 bits per heavy atom. The van der Waals surface area contributed by atoms with Gasteiger partial charge < -0.3 is 0 Å². The number of allylic oxidation sites excluding steroid dienone is 4. The molecule has 3 aliphatic rings. The first kappa shape index (κ1) is 13.4. The third-order valence-electron chi connectivity index (χ3n) is 4.77. The van der Waals surface area contributed by atoms with Crippen molar-refractivity contribution in [3.63, 3.8) is 0 Å². The first-order chi connectivity index (χ1) is 9.92. The molecule has 0 N–H and O–H groups in total. The average Bonchev–Trinajstić information content (AvgIpc) is 2.71. The van der Waals surface area contributed by atoms with Crippen molar-refractivity contribution in [3.05, 3.63) is 59.2 Å². The van der Waals surface area contributed by atoms with Crippen LogP contribution in [0.1, 0.15) is 55.7 Å². The van der Waals surface area contributed by atoms with E-state index in [0.717, 1.165) is 24.2 Å². The molecule has 1 aromatic rings. The summed E-state index contributed by atoms with van der Waals surface area (Å²) in [5.74, 6) is 2.55. The summed E-state index contributed by atoms with van der Waals surface area (Å²) in [5, 5.41) is 0. The number of benzene rings is 1. The Kier molecular flexibility index (Phi) is 3.91. The van der Waals surface area contributed by atoms with Gasteiger partial charge in [-0.25, -0.2) is 0 Å². The highest BCUT2D eigenvalue weighted by Crippen LogP contribution is 2.52. The lowest BCUT2D eigenvalue weighted by atomic mass is 9.63. The fraction of sp³-hybridized carbons (Fsp3) is 0.400. The number of fused-ring (bicyclic) bond motifs is 2. The lowest BCUT2D eigenvalue weighted by Gasteiger charge is -2.40. The van der Waals surface area contributed by atoms with E-state index in [9.17, 15) is 0 Å². The average molecular weight is 264 g/mol. The van der Waals surface area contributed by atoms with Crippen molar-refractivity contribution in [2.24, 2.45) is 11.8 Å². The third kappa shape index (κ3) is 2.28. The highest BCUT2D eigenvalue weighted by atomic mass is 14.5. The smallest absolute Gasteiger partial charge is 0.00931 e. The molecule has 4 rings (SSSR count). The monoisotopic (exact) mass is 264 g/mol. The van der Waals surface area contributed by atoms with Crippen LogP contribution < -0.4 is 0 Å². The molecule has 0 amide bonds. The first-order valence-electron chi connectivity index (χ1n) is 8.05. The third-order valence-corrected chi connectivity index (χ3v) is 4.77. The molecule has 3 unspecified atom stereocenters. The highest BCUT2D eigenvalue weighted by Gasteiger charge is 2.41. The van der Waals surface area contributed by atoms with Crippen LogP contribution in [0.5, 0.6) is 0 Å². The number of rotatable bonds is 1. The van der Waals surface area contributed by atoms with E-state index in [2.05, 4.69) is 54.7 Å². The van der Waals surface area contributed by atoms with Gasteiger partial charge in [0.2, 0.25) is 0 Å². The first-order valence-corrected chi connectivity index (χ1v) is 8.05. The molecule has 0 aliphatic heterocycles. The zero-order valence-corrected chi connectivity index (χ0v) is 12.5. The SMILES string of the molecule is C1=Cc2ccc(C3CC4CC=CC43)cc2C=CC1.CC. The standard InChI is InChI=1S/C18H18.C2H6/c1-2-5-13-9-10-16(11-14(13)6-3-1)18-12-15-7-4-8-17(15)18;1-2/h2-6,8-11,15,17-18H,1,7,12H2;1-2H3. The Morgan fingerprint density at radius 1 is 0.950 bits per heavy atom. The van der Waals surface area contributed by atoms with Gasteiger partial charge in [-0.2, -0.15) is 0 Å². The molecule has 0 nitrogen and oxygen atoms in total. The molecule has 0 bridgehead atoms. The Bertz CT molecular complexity index is 559. The van der Waals surface area contributed by atoms with E-state index in [4.69, 9.17) is 0 Å². The van der Waals surface area contributed by atoms with Crippen molar-refractivity contribution in [2.45, 2.75) is 39.0 Å². The zero-order valence-electron chi connectivity index (χ0n) is 12.5. The fourth-order valence-electron chi connectivity index (χ4n) is 3.68. The molecule has 3 atom stereocenters. The maximum Gasteiger partial charge on any atom is -0.00931 e. The minimum absolute atomic E-state index is 0.777. The van der Waals surface area contributed by atoms with Crippen LogP contribution >= 0.6 is 0 Å². The summed E-state index contributed by atoms with van der Waals surface area (Å²) in [6.07, 6.45) is 17.6. The molecule has 3 aliphatic carbocycles. The van der Waals surface area contributed by atoms with Gasteiger partial charge in [-0.3, -0.25) is 0 Å². The second kappa shape index (κ2) is 5.83. The van der Waals surface area contributed by atoms with E-state index in [1.807, 2.05) is 13.8 Å². The van der Waals surface area contributed by atoms with E-state index < -0.39 is 0 Å². The van der Waals surface area contributed by atoms with Gasteiger partial charge in [0.05, 0.1) is 0 Å². The van der Waals surface area contributed by atoms with Gasteiger partial charge in [0.25, 0.3) is 0 Å². The van der Waals surface area contributed by atoms with Crippen LogP contribution in [0.2, 0.25) is 0 Å². The van der Waals surface area contributed by atoms with Crippen LogP contribution in [-0.4, -0.2) is 0 Å². The quantitative estimate of drug-likeness (QED) is 0.560. The van der Waals surface area contributed by atoms with Crippen LogP contribution in [0.3, 0.4) is 0 Å². The van der Waals surface area contributed by atoms with E-state index in [1.54, 1.807) is 5.56 Å². The second-order valence-corrected chi connectivity index (χ2v) is 5.77. The molecule has 20 heavy (non-hydrogen) atoms. The van der Waals surface area contributed by atoms with Crippen LogP contribution in [0.15, 0.2) is 42.5 Å². The van der Waals surface area contributed by atoms with Crippen LogP contribution in [-0.2, 0) is 0 Å². The Hall–Kier alpha value is -1.56.